The molecular weight excluding hydrogens is 368 g/mol. The maximum Gasteiger partial charge on any atom is 0.293 e. The summed E-state index contributed by atoms with van der Waals surface area (Å²) < 4.78 is 4.95. The zero-order valence-corrected chi connectivity index (χ0v) is 20.3. The van der Waals surface area contributed by atoms with Gasteiger partial charge in [0, 0.05) is 0 Å². The van der Waals surface area contributed by atoms with Gasteiger partial charge in [0.25, 0.3) is 6.47 Å². The van der Waals surface area contributed by atoms with Crippen LogP contribution in [0.5, 0.6) is 0 Å². The molecule has 4 aliphatic carbocycles. The summed E-state index contributed by atoms with van der Waals surface area (Å²) in [5.74, 6) is 6.38. The first-order valence-electron chi connectivity index (χ1n) is 13.5. The zero-order valence-electron chi connectivity index (χ0n) is 20.3. The summed E-state index contributed by atoms with van der Waals surface area (Å²) in [6.45, 7) is 11.4. The Balaban J connectivity index is 1.37. The number of fused-ring (bicyclic) bond motifs is 5. The molecule has 0 bridgehead atoms. The fraction of sp³-hybridized carbons (Fsp3) is 0.964. The smallest absolute Gasteiger partial charge is 0.293 e. The molecule has 2 unspecified atom stereocenters. The third-order valence-electron chi connectivity index (χ3n) is 11.1. The molecule has 0 N–H and O–H groups in total. The summed E-state index contributed by atoms with van der Waals surface area (Å²) in [5.41, 5.74) is 1.27. The van der Waals surface area contributed by atoms with Gasteiger partial charge in [0.2, 0.25) is 0 Å². The number of hydrogen-bond donors (Lipinski definition) is 0. The molecule has 0 amide bonds. The summed E-state index contributed by atoms with van der Waals surface area (Å²) in [7, 11) is 0. The Bertz CT molecular complexity index is 587. The zero-order chi connectivity index (χ0) is 21.4. The Morgan fingerprint density at radius 3 is 2.50 bits per heavy atom. The molecule has 4 saturated carbocycles. The van der Waals surface area contributed by atoms with Crippen molar-refractivity contribution in [2.75, 3.05) is 6.61 Å². The van der Waals surface area contributed by atoms with Crippen LogP contribution in [0.1, 0.15) is 111 Å². The lowest BCUT2D eigenvalue weighted by Crippen LogP contribution is -2.53. The van der Waals surface area contributed by atoms with Gasteiger partial charge in [-0.2, -0.15) is 0 Å². The van der Waals surface area contributed by atoms with Gasteiger partial charge in [0.15, 0.2) is 0 Å². The molecule has 0 aliphatic heterocycles. The van der Waals surface area contributed by atoms with Gasteiger partial charge in [-0.1, -0.05) is 53.4 Å². The Morgan fingerprint density at radius 2 is 1.70 bits per heavy atom. The van der Waals surface area contributed by atoms with E-state index in [1.165, 1.54) is 77.0 Å². The SMILES string of the molecule is CC(CCC[C@@H](C)[C@H]1CC[C@H]2[C@@H]3CCC4CCCC[C@]4(C)[C@H]3CC[C@]12C)COC=O. The molecule has 4 rings (SSSR count). The van der Waals surface area contributed by atoms with Crippen molar-refractivity contribution >= 4 is 6.47 Å². The lowest BCUT2D eigenvalue weighted by molar-refractivity contribution is -0.129. The van der Waals surface area contributed by atoms with Crippen molar-refractivity contribution in [3.05, 3.63) is 0 Å². The van der Waals surface area contributed by atoms with Gasteiger partial charge in [-0.15, -0.1) is 0 Å². The van der Waals surface area contributed by atoms with E-state index in [-0.39, 0.29) is 0 Å². The summed E-state index contributed by atoms with van der Waals surface area (Å²) in [6.07, 6.45) is 19.0. The van der Waals surface area contributed by atoms with Gasteiger partial charge in [0.05, 0.1) is 6.61 Å². The molecule has 0 aromatic heterocycles. The summed E-state index contributed by atoms with van der Waals surface area (Å²) in [6, 6.07) is 0. The van der Waals surface area contributed by atoms with Gasteiger partial charge < -0.3 is 4.74 Å². The molecule has 0 radical (unpaired) electrons. The highest BCUT2D eigenvalue weighted by atomic mass is 16.5. The van der Waals surface area contributed by atoms with E-state index >= 15 is 0 Å². The maximum absolute atomic E-state index is 10.4. The molecule has 0 aromatic carbocycles. The van der Waals surface area contributed by atoms with Gasteiger partial charge >= 0.3 is 0 Å². The van der Waals surface area contributed by atoms with Gasteiger partial charge in [-0.3, -0.25) is 4.79 Å². The Kier molecular flexibility index (Phi) is 6.91. The van der Waals surface area contributed by atoms with Crippen molar-refractivity contribution in [3.63, 3.8) is 0 Å². The molecular formula is C28H48O2. The van der Waals surface area contributed by atoms with E-state index in [1.807, 2.05) is 0 Å². The van der Waals surface area contributed by atoms with Crippen molar-refractivity contribution in [1.82, 2.24) is 0 Å². The molecule has 4 fully saturated rings. The number of carbonyl (C=O) groups excluding carboxylic acids is 1. The average molecular weight is 417 g/mol. The van der Waals surface area contributed by atoms with Gasteiger partial charge in [0.1, 0.15) is 0 Å². The summed E-state index contributed by atoms with van der Waals surface area (Å²) in [5, 5.41) is 0. The van der Waals surface area contributed by atoms with E-state index < -0.39 is 0 Å². The fourth-order valence-electron chi connectivity index (χ4n) is 9.55. The number of carbonyl (C=O) groups is 1. The highest BCUT2D eigenvalue weighted by Gasteiger charge is 2.59. The molecule has 4 aliphatic rings. The van der Waals surface area contributed by atoms with E-state index in [1.54, 1.807) is 6.42 Å². The minimum Gasteiger partial charge on any atom is -0.468 e. The first-order chi connectivity index (χ1) is 14.4. The summed E-state index contributed by atoms with van der Waals surface area (Å²) >= 11 is 0. The standard InChI is InChI=1S/C28H48O2/c1-20(18-30-19-29)8-7-9-21(2)24-13-14-25-23-12-11-22-10-5-6-16-27(22,3)26(23)15-17-28(24,25)4/h19-26H,5-18H2,1-4H3/t20?,21-,22?,23+,24-,25+,26+,27+,28-/m1/s1. The predicted molar refractivity (Wildman–Crippen MR) is 124 cm³/mol. The summed E-state index contributed by atoms with van der Waals surface area (Å²) in [4.78, 5) is 10.4. The quantitative estimate of drug-likeness (QED) is 0.380. The van der Waals surface area contributed by atoms with E-state index in [9.17, 15) is 4.79 Å². The van der Waals surface area contributed by atoms with E-state index in [0.717, 1.165) is 35.5 Å². The lowest BCUT2D eigenvalue weighted by atomic mass is 9.44. The third kappa shape index (κ3) is 3.99. The third-order valence-corrected chi connectivity index (χ3v) is 11.1. The first-order valence-corrected chi connectivity index (χ1v) is 13.5. The minimum atomic E-state index is 0.496. The Morgan fingerprint density at radius 1 is 0.900 bits per heavy atom. The maximum atomic E-state index is 10.4. The van der Waals surface area contributed by atoms with Crippen LogP contribution in [0.3, 0.4) is 0 Å². The Hall–Kier alpha value is -0.530. The monoisotopic (exact) mass is 416 g/mol. The van der Waals surface area contributed by atoms with Crippen molar-refractivity contribution in [2.45, 2.75) is 111 Å². The fourth-order valence-corrected chi connectivity index (χ4v) is 9.55. The van der Waals surface area contributed by atoms with Crippen molar-refractivity contribution in [1.29, 1.82) is 0 Å². The second-order valence-electron chi connectivity index (χ2n) is 12.6. The van der Waals surface area contributed by atoms with Crippen LogP contribution in [0.4, 0.5) is 0 Å². The average Bonchev–Trinajstić information content (AvgIpc) is 3.09. The lowest BCUT2D eigenvalue weighted by Gasteiger charge is -2.61. The largest absolute Gasteiger partial charge is 0.468 e. The molecule has 2 nitrogen and oxygen atoms in total. The number of ether oxygens (including phenoxy) is 1. The molecule has 2 heteroatoms. The molecule has 0 saturated heterocycles. The Labute approximate surface area is 186 Å². The van der Waals surface area contributed by atoms with Crippen LogP contribution in [0, 0.1) is 52.3 Å². The van der Waals surface area contributed by atoms with Crippen molar-refractivity contribution in [2.24, 2.45) is 52.3 Å². The minimum absolute atomic E-state index is 0.496. The van der Waals surface area contributed by atoms with Crippen LogP contribution in [-0.4, -0.2) is 13.1 Å². The van der Waals surface area contributed by atoms with Gasteiger partial charge in [-0.25, -0.2) is 0 Å². The highest BCUT2D eigenvalue weighted by Crippen LogP contribution is 2.68. The van der Waals surface area contributed by atoms with Crippen molar-refractivity contribution in [3.8, 4) is 0 Å². The molecule has 172 valence electrons. The predicted octanol–water partition coefficient (Wildman–Crippen LogP) is 7.65. The second kappa shape index (κ2) is 9.14. The molecule has 0 spiro atoms. The van der Waals surface area contributed by atoms with Crippen LogP contribution in [-0.2, 0) is 9.53 Å². The molecule has 30 heavy (non-hydrogen) atoms. The van der Waals surface area contributed by atoms with E-state index in [2.05, 4.69) is 27.7 Å². The van der Waals surface area contributed by atoms with E-state index in [0.29, 0.717) is 29.8 Å². The molecule has 9 atom stereocenters. The number of rotatable bonds is 8. The molecule has 0 aromatic rings. The normalized spacial score (nSPS) is 45.0. The van der Waals surface area contributed by atoms with Crippen LogP contribution in [0.15, 0.2) is 0 Å². The molecule has 0 heterocycles. The van der Waals surface area contributed by atoms with Crippen LogP contribution in [0.25, 0.3) is 0 Å². The second-order valence-corrected chi connectivity index (χ2v) is 12.6. The highest BCUT2D eigenvalue weighted by molar-refractivity contribution is 5.36. The topological polar surface area (TPSA) is 26.3 Å². The van der Waals surface area contributed by atoms with Crippen LogP contribution < -0.4 is 0 Å². The van der Waals surface area contributed by atoms with E-state index in [4.69, 9.17) is 4.74 Å². The first kappa shape index (κ1) is 22.7. The number of hydrogen-bond acceptors (Lipinski definition) is 2. The van der Waals surface area contributed by atoms with Crippen LogP contribution in [0.2, 0.25) is 0 Å². The van der Waals surface area contributed by atoms with Crippen LogP contribution >= 0.6 is 0 Å². The van der Waals surface area contributed by atoms with Gasteiger partial charge in [-0.05, 0) is 110 Å². The van der Waals surface area contributed by atoms with Crippen molar-refractivity contribution < 1.29 is 9.53 Å².